The van der Waals surface area contributed by atoms with Crippen molar-refractivity contribution in [2.75, 3.05) is 19.7 Å². The summed E-state index contributed by atoms with van der Waals surface area (Å²) in [5.74, 6) is 0.472. The van der Waals surface area contributed by atoms with E-state index in [1.165, 1.54) is 0 Å². The first-order valence-electron chi connectivity index (χ1n) is 7.43. The molecule has 0 aromatic heterocycles. The molecule has 0 radical (unpaired) electrons. The van der Waals surface area contributed by atoms with Crippen molar-refractivity contribution in [3.8, 4) is 5.75 Å². The highest BCUT2D eigenvalue weighted by molar-refractivity contribution is 5.75. The summed E-state index contributed by atoms with van der Waals surface area (Å²) >= 11 is 0. The number of para-hydroxylation sites is 1. The summed E-state index contributed by atoms with van der Waals surface area (Å²) in [6, 6.07) is 6.10. The fraction of sp³-hybridized carbons (Fsp3) is 0.588. The summed E-state index contributed by atoms with van der Waals surface area (Å²) in [5, 5.41) is 0. The van der Waals surface area contributed by atoms with Crippen LogP contribution in [0, 0.1) is 13.8 Å². The number of esters is 1. The molecule has 116 valence electrons. The Bertz CT molecular complexity index is 505. The smallest absolute Gasteiger partial charge is 0.325 e. The van der Waals surface area contributed by atoms with Crippen LogP contribution >= 0.6 is 0 Å². The highest BCUT2D eigenvalue weighted by atomic mass is 16.5. The number of morpholine rings is 1. The van der Waals surface area contributed by atoms with Crippen LogP contribution in [0.4, 0.5) is 0 Å². The van der Waals surface area contributed by atoms with Gasteiger partial charge in [0.1, 0.15) is 5.75 Å². The fourth-order valence-corrected chi connectivity index (χ4v) is 2.63. The Kier molecular flexibility index (Phi) is 4.69. The molecule has 1 fully saturated rings. The number of aryl methyl sites for hydroxylation is 2. The molecular formula is C17H25NO3. The second-order valence-corrected chi connectivity index (χ2v) is 6.52. The van der Waals surface area contributed by atoms with E-state index in [0.717, 1.165) is 17.7 Å². The molecule has 1 atom stereocenters. The second kappa shape index (κ2) is 6.16. The number of hydrogen-bond acceptors (Lipinski definition) is 4. The van der Waals surface area contributed by atoms with Crippen LogP contribution in [0.3, 0.4) is 0 Å². The summed E-state index contributed by atoms with van der Waals surface area (Å²) in [5.41, 5.74) is 1.75. The van der Waals surface area contributed by atoms with E-state index in [1.807, 2.05) is 45.9 Å². The van der Waals surface area contributed by atoms with Crippen LogP contribution in [0.25, 0.3) is 0 Å². The van der Waals surface area contributed by atoms with Gasteiger partial charge in [0.25, 0.3) is 0 Å². The monoisotopic (exact) mass is 291 g/mol. The van der Waals surface area contributed by atoms with Gasteiger partial charge in [-0.1, -0.05) is 18.2 Å². The number of benzene rings is 1. The number of ether oxygens (including phenoxy) is 2. The topological polar surface area (TPSA) is 38.8 Å². The average Bonchev–Trinajstić information content (AvgIpc) is 2.38. The Morgan fingerprint density at radius 3 is 2.62 bits per heavy atom. The van der Waals surface area contributed by atoms with Gasteiger partial charge in [-0.3, -0.25) is 9.69 Å². The van der Waals surface area contributed by atoms with Crippen molar-refractivity contribution in [3.63, 3.8) is 0 Å². The molecule has 0 amide bonds. The van der Waals surface area contributed by atoms with Gasteiger partial charge in [-0.2, -0.15) is 0 Å². The third-order valence-electron chi connectivity index (χ3n) is 3.88. The van der Waals surface area contributed by atoms with Gasteiger partial charge in [0, 0.05) is 12.6 Å². The van der Waals surface area contributed by atoms with Crippen molar-refractivity contribution < 1.29 is 14.3 Å². The zero-order chi connectivity index (χ0) is 15.6. The third-order valence-corrected chi connectivity index (χ3v) is 3.88. The third kappa shape index (κ3) is 4.05. The zero-order valence-electron chi connectivity index (χ0n) is 13.6. The van der Waals surface area contributed by atoms with Crippen molar-refractivity contribution in [2.24, 2.45) is 0 Å². The molecule has 21 heavy (non-hydrogen) atoms. The van der Waals surface area contributed by atoms with E-state index < -0.39 is 0 Å². The minimum absolute atomic E-state index is 0.211. The standard InChI is InChI=1S/C17H25NO3/c1-12-7-6-8-13(2)16(12)21-15(19)9-18-11-17(4,5)20-10-14(18)3/h6-8,14H,9-11H2,1-5H3. The van der Waals surface area contributed by atoms with Crippen LogP contribution in [0.1, 0.15) is 31.9 Å². The largest absolute Gasteiger partial charge is 0.425 e. The molecule has 0 N–H and O–H groups in total. The summed E-state index contributed by atoms with van der Waals surface area (Å²) < 4.78 is 11.3. The molecule has 1 heterocycles. The Balaban J connectivity index is 2.01. The van der Waals surface area contributed by atoms with Crippen molar-refractivity contribution >= 4 is 5.97 Å². The van der Waals surface area contributed by atoms with Gasteiger partial charge in [-0.15, -0.1) is 0 Å². The highest BCUT2D eigenvalue weighted by Crippen LogP contribution is 2.24. The molecule has 0 spiro atoms. The van der Waals surface area contributed by atoms with E-state index in [9.17, 15) is 4.79 Å². The lowest BCUT2D eigenvalue weighted by Crippen LogP contribution is -2.54. The molecule has 0 aliphatic carbocycles. The first-order chi connectivity index (χ1) is 9.78. The maximum absolute atomic E-state index is 12.2. The van der Waals surface area contributed by atoms with Gasteiger partial charge >= 0.3 is 5.97 Å². The van der Waals surface area contributed by atoms with Crippen LogP contribution in [-0.4, -0.2) is 42.2 Å². The van der Waals surface area contributed by atoms with E-state index in [2.05, 4.69) is 11.8 Å². The first kappa shape index (κ1) is 16.0. The van der Waals surface area contributed by atoms with E-state index >= 15 is 0 Å². The average molecular weight is 291 g/mol. The Labute approximate surface area is 127 Å². The minimum Gasteiger partial charge on any atom is -0.425 e. The lowest BCUT2D eigenvalue weighted by molar-refractivity contribution is -0.144. The maximum Gasteiger partial charge on any atom is 0.325 e. The molecule has 4 heteroatoms. The molecule has 0 bridgehead atoms. The molecule has 1 unspecified atom stereocenters. The normalized spacial score (nSPS) is 22.0. The molecule has 1 aromatic carbocycles. The van der Waals surface area contributed by atoms with E-state index in [4.69, 9.17) is 9.47 Å². The summed E-state index contributed by atoms with van der Waals surface area (Å²) in [6.45, 7) is 11.7. The Morgan fingerprint density at radius 1 is 1.38 bits per heavy atom. The van der Waals surface area contributed by atoms with Gasteiger partial charge in [-0.05, 0) is 45.7 Å². The first-order valence-corrected chi connectivity index (χ1v) is 7.43. The molecule has 4 nitrogen and oxygen atoms in total. The van der Waals surface area contributed by atoms with Crippen molar-refractivity contribution in [2.45, 2.75) is 46.3 Å². The van der Waals surface area contributed by atoms with Gasteiger partial charge in [0.2, 0.25) is 0 Å². The molecule has 0 saturated carbocycles. The summed E-state index contributed by atoms with van der Waals surface area (Å²) in [6.07, 6.45) is 0. The summed E-state index contributed by atoms with van der Waals surface area (Å²) in [4.78, 5) is 14.4. The van der Waals surface area contributed by atoms with Crippen molar-refractivity contribution in [1.82, 2.24) is 4.90 Å². The number of carbonyl (C=O) groups excluding carboxylic acids is 1. The fourth-order valence-electron chi connectivity index (χ4n) is 2.63. The van der Waals surface area contributed by atoms with Crippen LogP contribution < -0.4 is 4.74 Å². The van der Waals surface area contributed by atoms with E-state index in [1.54, 1.807) is 0 Å². The predicted octanol–water partition coefficient (Wildman–Crippen LogP) is 2.71. The molecule has 2 rings (SSSR count). The molecule has 1 aliphatic rings. The quantitative estimate of drug-likeness (QED) is 0.634. The van der Waals surface area contributed by atoms with Gasteiger partial charge in [0.05, 0.1) is 18.8 Å². The lowest BCUT2D eigenvalue weighted by atomic mass is 10.1. The summed E-state index contributed by atoms with van der Waals surface area (Å²) in [7, 11) is 0. The Morgan fingerprint density at radius 2 is 2.00 bits per heavy atom. The molecule has 1 aromatic rings. The second-order valence-electron chi connectivity index (χ2n) is 6.52. The van der Waals surface area contributed by atoms with Crippen molar-refractivity contribution in [3.05, 3.63) is 29.3 Å². The highest BCUT2D eigenvalue weighted by Gasteiger charge is 2.33. The SMILES string of the molecule is Cc1cccc(C)c1OC(=O)CN1CC(C)(C)OCC1C. The lowest BCUT2D eigenvalue weighted by Gasteiger charge is -2.41. The zero-order valence-corrected chi connectivity index (χ0v) is 13.6. The van der Waals surface area contributed by atoms with Gasteiger partial charge in [-0.25, -0.2) is 0 Å². The van der Waals surface area contributed by atoms with Crippen LogP contribution in [-0.2, 0) is 9.53 Å². The van der Waals surface area contributed by atoms with Crippen LogP contribution in [0.15, 0.2) is 18.2 Å². The number of rotatable bonds is 3. The predicted molar refractivity (Wildman–Crippen MR) is 82.6 cm³/mol. The molecule has 1 aliphatic heterocycles. The van der Waals surface area contributed by atoms with Gasteiger partial charge in [0.15, 0.2) is 0 Å². The van der Waals surface area contributed by atoms with Gasteiger partial charge < -0.3 is 9.47 Å². The van der Waals surface area contributed by atoms with E-state index in [0.29, 0.717) is 18.9 Å². The van der Waals surface area contributed by atoms with Crippen LogP contribution in [0.2, 0.25) is 0 Å². The molecular weight excluding hydrogens is 266 g/mol. The minimum atomic E-state index is -0.217. The number of hydrogen-bond donors (Lipinski definition) is 0. The molecule has 1 saturated heterocycles. The van der Waals surface area contributed by atoms with E-state index in [-0.39, 0.29) is 17.6 Å². The Hall–Kier alpha value is -1.39. The number of nitrogens with zero attached hydrogens (tertiary/aromatic N) is 1. The van der Waals surface area contributed by atoms with Crippen molar-refractivity contribution in [1.29, 1.82) is 0 Å². The maximum atomic E-state index is 12.2. The van der Waals surface area contributed by atoms with Crippen LogP contribution in [0.5, 0.6) is 5.75 Å². The number of carbonyl (C=O) groups is 1.